The van der Waals surface area contributed by atoms with Gasteiger partial charge in [-0.15, -0.1) is 0 Å². The van der Waals surface area contributed by atoms with Crippen molar-refractivity contribution in [3.63, 3.8) is 0 Å². The fraction of sp³-hybridized carbons (Fsp3) is 1.00. The van der Waals surface area contributed by atoms with Gasteiger partial charge in [0.2, 0.25) is 0 Å². The second-order valence-electron chi connectivity index (χ2n) is 14.6. The Balaban J connectivity index is 3.89. The molecule has 0 aliphatic rings. The first-order chi connectivity index (χ1) is 22.8. The fourth-order valence-electron chi connectivity index (χ4n) is 6.51. The normalized spacial score (nSPS) is 12.3. The van der Waals surface area contributed by atoms with Gasteiger partial charge in [-0.2, -0.15) is 0 Å². The van der Waals surface area contributed by atoms with Gasteiger partial charge < -0.3 is 13.3 Å². The predicted molar refractivity (Wildman–Crippen MR) is 208 cm³/mol. The molecule has 0 bridgehead atoms. The third-order valence-corrected chi connectivity index (χ3v) is 11.3. The minimum atomic E-state index is -1.99. The molecule has 0 saturated carbocycles. The summed E-state index contributed by atoms with van der Waals surface area (Å²) >= 11 is 0. The van der Waals surface area contributed by atoms with E-state index in [2.05, 4.69) is 20.8 Å². The van der Waals surface area contributed by atoms with Crippen molar-refractivity contribution in [2.24, 2.45) is 0 Å². The molecule has 0 aromatic rings. The summed E-state index contributed by atoms with van der Waals surface area (Å²) in [6, 6.07) is 0. The minimum absolute atomic E-state index is 0.824. The van der Waals surface area contributed by atoms with Crippen molar-refractivity contribution in [1.82, 2.24) is 0 Å². The van der Waals surface area contributed by atoms with Crippen LogP contribution in [0.2, 0.25) is 0 Å². The SMILES string of the molecule is CCCCCCCCCCCCCCCCO[SiH](OCCCCCCCCCCCC)OCCCCCCCCCCCCCC. The summed E-state index contributed by atoms with van der Waals surface area (Å²) < 4.78 is 18.7. The van der Waals surface area contributed by atoms with Crippen molar-refractivity contribution < 1.29 is 13.3 Å². The molecule has 0 aromatic heterocycles. The Morgan fingerprint density at radius 1 is 0.217 bits per heavy atom. The number of hydrogen-bond acceptors (Lipinski definition) is 3. The van der Waals surface area contributed by atoms with Gasteiger partial charge in [0.05, 0.1) is 0 Å². The molecule has 0 aliphatic heterocycles. The van der Waals surface area contributed by atoms with Crippen LogP contribution in [0.5, 0.6) is 0 Å². The third-order valence-electron chi connectivity index (χ3n) is 9.76. The van der Waals surface area contributed by atoms with Gasteiger partial charge in [-0.1, -0.05) is 233 Å². The highest BCUT2D eigenvalue weighted by Crippen LogP contribution is 2.15. The quantitative estimate of drug-likeness (QED) is 0.0478. The van der Waals surface area contributed by atoms with E-state index < -0.39 is 9.53 Å². The highest BCUT2D eigenvalue weighted by atomic mass is 28.3. The zero-order chi connectivity index (χ0) is 33.3. The van der Waals surface area contributed by atoms with Crippen molar-refractivity contribution in [3.05, 3.63) is 0 Å². The maximum Gasteiger partial charge on any atom is 0.484 e. The van der Waals surface area contributed by atoms with E-state index in [4.69, 9.17) is 13.3 Å². The van der Waals surface area contributed by atoms with Crippen LogP contribution in [0, 0.1) is 0 Å². The summed E-state index contributed by atoms with van der Waals surface area (Å²) in [5, 5.41) is 0. The van der Waals surface area contributed by atoms with E-state index >= 15 is 0 Å². The average molecular weight is 669 g/mol. The van der Waals surface area contributed by atoms with E-state index in [0.29, 0.717) is 0 Å². The van der Waals surface area contributed by atoms with Gasteiger partial charge >= 0.3 is 9.53 Å². The molecule has 0 aliphatic carbocycles. The van der Waals surface area contributed by atoms with Crippen LogP contribution in [-0.2, 0) is 13.3 Å². The highest BCUT2D eigenvalue weighted by Gasteiger charge is 2.15. The first-order valence-corrected chi connectivity index (χ1v) is 23.1. The molecule has 0 aromatic carbocycles. The summed E-state index contributed by atoms with van der Waals surface area (Å²) in [4.78, 5) is 0. The Hall–Kier alpha value is 0.0969. The van der Waals surface area contributed by atoms with Gasteiger partial charge in [-0.25, -0.2) is 0 Å². The zero-order valence-electron chi connectivity index (χ0n) is 32.4. The molecule has 0 rings (SSSR count). The molecule has 1 atom stereocenters. The molecule has 4 heteroatoms. The van der Waals surface area contributed by atoms with Crippen molar-refractivity contribution in [2.75, 3.05) is 19.8 Å². The van der Waals surface area contributed by atoms with Crippen molar-refractivity contribution in [1.29, 1.82) is 0 Å². The predicted octanol–water partition coefficient (Wildman–Crippen LogP) is 14.9. The van der Waals surface area contributed by atoms with Crippen LogP contribution in [0.1, 0.15) is 252 Å². The lowest BCUT2D eigenvalue weighted by molar-refractivity contribution is 0.0885. The van der Waals surface area contributed by atoms with Crippen LogP contribution in [0.3, 0.4) is 0 Å². The lowest BCUT2D eigenvalue weighted by Gasteiger charge is -2.17. The maximum atomic E-state index is 6.24. The van der Waals surface area contributed by atoms with Crippen LogP contribution < -0.4 is 0 Å². The number of hydrogen-bond donors (Lipinski definition) is 0. The standard InChI is InChI=1S/C42H88O3Si/c1-4-7-10-13-16-19-22-24-25-27-30-33-36-39-42-45-46(43-40-37-34-31-28-21-18-15-12-9-6-3)44-41-38-35-32-29-26-23-20-17-14-11-8-5-2/h46H,4-42H2,1-3H3. The molecule has 0 heterocycles. The largest absolute Gasteiger partial charge is 0.484 e. The van der Waals surface area contributed by atoms with E-state index in [1.807, 2.05) is 0 Å². The lowest BCUT2D eigenvalue weighted by Crippen LogP contribution is -2.28. The average Bonchev–Trinajstić information content (AvgIpc) is 3.07. The molecule has 0 radical (unpaired) electrons. The molecule has 46 heavy (non-hydrogen) atoms. The molecule has 0 amide bonds. The lowest BCUT2D eigenvalue weighted by atomic mass is 10.0. The number of rotatable bonds is 42. The van der Waals surface area contributed by atoms with Crippen molar-refractivity contribution in [3.8, 4) is 0 Å². The molecule has 278 valence electrons. The van der Waals surface area contributed by atoms with Crippen LogP contribution in [0.4, 0.5) is 0 Å². The Morgan fingerprint density at radius 3 is 0.543 bits per heavy atom. The molecule has 3 nitrogen and oxygen atoms in total. The maximum absolute atomic E-state index is 6.24. The Kier molecular flexibility index (Phi) is 43.2. The Morgan fingerprint density at radius 2 is 0.370 bits per heavy atom. The first kappa shape index (κ1) is 46.1. The van der Waals surface area contributed by atoms with Crippen molar-refractivity contribution >= 4 is 9.53 Å². The van der Waals surface area contributed by atoms with Crippen LogP contribution in [0.25, 0.3) is 0 Å². The molecular formula is C42H88O3Si. The van der Waals surface area contributed by atoms with Gasteiger partial charge in [-0.3, -0.25) is 0 Å². The van der Waals surface area contributed by atoms with E-state index in [-0.39, 0.29) is 0 Å². The topological polar surface area (TPSA) is 27.7 Å². The summed E-state index contributed by atoms with van der Waals surface area (Å²) in [6.07, 6.45) is 49.7. The molecule has 0 spiro atoms. The molecule has 1 unspecified atom stereocenters. The molecule has 0 saturated heterocycles. The van der Waals surface area contributed by atoms with Gasteiger partial charge in [-0.05, 0) is 19.3 Å². The minimum Gasteiger partial charge on any atom is -0.376 e. The molecular weight excluding hydrogens is 581 g/mol. The van der Waals surface area contributed by atoms with Crippen LogP contribution >= 0.6 is 0 Å². The van der Waals surface area contributed by atoms with Crippen LogP contribution in [-0.4, -0.2) is 29.3 Å². The number of unbranched alkanes of at least 4 members (excludes halogenated alkanes) is 33. The monoisotopic (exact) mass is 669 g/mol. The third kappa shape index (κ3) is 40.3. The smallest absolute Gasteiger partial charge is 0.376 e. The van der Waals surface area contributed by atoms with E-state index in [9.17, 15) is 0 Å². The second kappa shape index (κ2) is 43.1. The summed E-state index contributed by atoms with van der Waals surface area (Å²) in [6.45, 7) is 9.37. The summed E-state index contributed by atoms with van der Waals surface area (Å²) in [5.74, 6) is 0. The van der Waals surface area contributed by atoms with E-state index in [0.717, 1.165) is 39.1 Å². The molecule has 0 fully saturated rings. The summed E-state index contributed by atoms with van der Waals surface area (Å²) in [7, 11) is -1.99. The fourth-order valence-corrected chi connectivity index (χ4v) is 7.88. The van der Waals surface area contributed by atoms with E-state index in [1.54, 1.807) is 0 Å². The Bertz CT molecular complexity index is 517. The van der Waals surface area contributed by atoms with E-state index in [1.165, 1.54) is 212 Å². The Labute approximate surface area is 293 Å². The van der Waals surface area contributed by atoms with Gasteiger partial charge in [0, 0.05) is 19.8 Å². The second-order valence-corrected chi connectivity index (χ2v) is 16.1. The first-order valence-electron chi connectivity index (χ1n) is 21.7. The highest BCUT2D eigenvalue weighted by molar-refractivity contribution is 6.36. The molecule has 0 N–H and O–H groups in total. The van der Waals surface area contributed by atoms with Crippen LogP contribution in [0.15, 0.2) is 0 Å². The van der Waals surface area contributed by atoms with Crippen molar-refractivity contribution in [2.45, 2.75) is 252 Å². The van der Waals surface area contributed by atoms with Gasteiger partial charge in [0.25, 0.3) is 0 Å². The van der Waals surface area contributed by atoms with Gasteiger partial charge in [0.15, 0.2) is 0 Å². The zero-order valence-corrected chi connectivity index (χ0v) is 33.5. The van der Waals surface area contributed by atoms with Gasteiger partial charge in [0.1, 0.15) is 0 Å². The summed E-state index contributed by atoms with van der Waals surface area (Å²) in [5.41, 5.74) is 0.